The predicted molar refractivity (Wildman–Crippen MR) is 270 cm³/mol. The van der Waals surface area contributed by atoms with Gasteiger partial charge in [0.25, 0.3) is 0 Å². The molecule has 0 bridgehead atoms. The van der Waals surface area contributed by atoms with Gasteiger partial charge in [0.15, 0.2) is 0 Å². The molecule has 0 spiro atoms. The molecule has 6 heteroatoms. The molecule has 0 aliphatic heterocycles. The summed E-state index contributed by atoms with van der Waals surface area (Å²) in [4.78, 5) is 0. The molecule has 3 nitrogen and oxygen atoms in total. The van der Waals surface area contributed by atoms with Gasteiger partial charge in [-0.05, 0) is 38.5 Å². The van der Waals surface area contributed by atoms with E-state index in [0.29, 0.717) is 0 Å². The summed E-state index contributed by atoms with van der Waals surface area (Å²) < 4.78 is 2.24. The van der Waals surface area contributed by atoms with Crippen molar-refractivity contribution < 1.29 is 51.9 Å². The molecule has 62 heavy (non-hydrogen) atoms. The van der Waals surface area contributed by atoms with E-state index < -0.39 is 0 Å². The maximum atomic E-state index is 3.88. The molecule has 0 aliphatic rings. The average molecular weight is 938 g/mol. The van der Waals surface area contributed by atoms with Gasteiger partial charge in [0, 0.05) is 5.56 Å². The molecule has 0 saturated carbocycles. The number of hydrogen-bond donors (Lipinski definition) is 1. The Bertz CT molecular complexity index is 878. The number of rotatable bonds is 42. The van der Waals surface area contributed by atoms with Crippen LogP contribution in [0.25, 0.3) is 0 Å². The van der Waals surface area contributed by atoms with Gasteiger partial charge in [0.2, 0.25) is 0 Å². The van der Waals surface area contributed by atoms with E-state index in [1.165, 1.54) is 263 Å². The Morgan fingerprint density at radius 1 is 0.323 bits per heavy atom. The standard InChI is InChI=1S/C21H38N.C19H42N.C16H35N.3ClH/c1-4-5-6-7-8-9-10-11-12-16-19-22(2,3)20-21-17-14-13-15-18-21;1-5-6-7-8-9-10-11-12-13-14-15-16-17-18-19-20(2,3)4;1-2-3-4-5-6-7-8-9-10-11-12-13-14-15-16-17;;;/h13-15,17-18H,4-12,16,19-20H2,1-3H3;5-19H2,1-4H3;2-17H2,1H3;3*1H/q2*+1;;;;/p-2. The smallest absolute Gasteiger partial charge is 0.104 e. The molecule has 0 fully saturated rings. The zero-order valence-corrected chi connectivity index (χ0v) is 46.1. The fourth-order valence-corrected chi connectivity index (χ4v) is 8.34. The summed E-state index contributed by atoms with van der Waals surface area (Å²) in [5.41, 5.74) is 5.34. The van der Waals surface area contributed by atoms with Crippen molar-refractivity contribution in [3.05, 3.63) is 35.9 Å². The molecular formula is C56H116Cl3N3. The third-order valence-corrected chi connectivity index (χ3v) is 12.4. The summed E-state index contributed by atoms with van der Waals surface area (Å²) >= 11 is 0. The van der Waals surface area contributed by atoms with E-state index in [-0.39, 0.29) is 37.2 Å². The van der Waals surface area contributed by atoms with Crippen LogP contribution in [0.2, 0.25) is 0 Å². The first-order valence-corrected chi connectivity index (χ1v) is 27.1. The van der Waals surface area contributed by atoms with Crippen LogP contribution in [0.4, 0.5) is 0 Å². The van der Waals surface area contributed by atoms with Gasteiger partial charge >= 0.3 is 0 Å². The number of nitrogens with zero attached hydrogens (tertiary/aromatic N) is 2. The molecule has 1 aromatic carbocycles. The third kappa shape index (κ3) is 64.3. The predicted octanol–water partition coefficient (Wildman–Crippen LogP) is 8.08. The molecule has 1 aromatic rings. The summed E-state index contributed by atoms with van der Waals surface area (Å²) in [6.07, 6.45) is 54.8. The van der Waals surface area contributed by atoms with Crippen LogP contribution in [0.3, 0.4) is 0 Å². The topological polar surface area (TPSA) is 27.6 Å². The first-order valence-electron chi connectivity index (χ1n) is 27.1. The Morgan fingerprint density at radius 2 is 0.565 bits per heavy atom. The molecule has 0 aliphatic carbocycles. The molecule has 376 valence electrons. The first kappa shape index (κ1) is 71.0. The van der Waals surface area contributed by atoms with Crippen molar-refractivity contribution in [3.63, 3.8) is 0 Å². The molecule has 0 unspecified atom stereocenters. The quantitative estimate of drug-likeness (QED) is 0.0508. The van der Waals surface area contributed by atoms with E-state index in [0.717, 1.165) is 22.1 Å². The molecule has 0 aromatic heterocycles. The molecule has 0 atom stereocenters. The van der Waals surface area contributed by atoms with E-state index in [9.17, 15) is 0 Å². The van der Waals surface area contributed by atoms with Crippen LogP contribution in [0.15, 0.2) is 30.3 Å². The van der Waals surface area contributed by atoms with E-state index >= 15 is 0 Å². The monoisotopic (exact) mass is 936 g/mol. The van der Waals surface area contributed by atoms with E-state index in [1.54, 1.807) is 0 Å². The van der Waals surface area contributed by atoms with Gasteiger partial charge in [-0.1, -0.05) is 257 Å². The van der Waals surface area contributed by atoms with E-state index in [4.69, 9.17) is 0 Å². The number of benzene rings is 1. The van der Waals surface area contributed by atoms with Crippen LogP contribution in [0, 0.1) is 0 Å². The minimum atomic E-state index is 0. The minimum absolute atomic E-state index is 0. The van der Waals surface area contributed by atoms with Crippen molar-refractivity contribution in [1.29, 1.82) is 0 Å². The van der Waals surface area contributed by atoms with Gasteiger partial charge in [0.05, 0.1) is 54.9 Å². The van der Waals surface area contributed by atoms with E-state index in [2.05, 4.69) is 92.1 Å². The molecule has 0 amide bonds. The lowest BCUT2D eigenvalue weighted by Gasteiger charge is -2.30. The van der Waals surface area contributed by atoms with Gasteiger partial charge in [-0.15, -0.1) is 0 Å². The highest BCUT2D eigenvalue weighted by Crippen LogP contribution is 2.16. The van der Waals surface area contributed by atoms with Crippen molar-refractivity contribution in [1.82, 2.24) is 0 Å². The van der Waals surface area contributed by atoms with E-state index in [1.807, 2.05) is 0 Å². The largest absolute Gasteiger partial charge is 1.00 e. The Labute approximate surface area is 411 Å². The first-order chi connectivity index (χ1) is 28.6. The number of hydrogen-bond acceptors (Lipinski definition) is 0. The Hall–Kier alpha value is -0.0300. The molecule has 0 saturated heterocycles. The van der Waals surface area contributed by atoms with Crippen LogP contribution in [-0.2, 0) is 6.54 Å². The SMILES string of the molecule is CCCCCCCCCCCCCCCC[N+](C)(C)C.CCCCCCCCCCCCCCCC[NH3+].CCCCCCCCCCCC[N+](C)(C)Cc1ccccc1.[Cl-].[Cl-].[Cl-]. The lowest BCUT2D eigenvalue weighted by molar-refractivity contribution is -0.903. The zero-order chi connectivity index (χ0) is 43.8. The maximum absolute atomic E-state index is 3.88. The fraction of sp³-hybridized carbons (Fsp3) is 0.893. The van der Waals surface area contributed by atoms with Gasteiger partial charge < -0.3 is 51.9 Å². The van der Waals surface area contributed by atoms with Gasteiger partial charge in [-0.25, -0.2) is 0 Å². The second kappa shape index (κ2) is 57.1. The highest BCUT2D eigenvalue weighted by atomic mass is 35.5. The van der Waals surface area contributed by atoms with Gasteiger partial charge in [0.1, 0.15) is 6.54 Å². The second-order valence-electron chi connectivity index (χ2n) is 20.5. The fourth-order valence-electron chi connectivity index (χ4n) is 8.34. The number of quaternary nitrogens is 3. The number of unbranched alkanes of at least 4 members (excludes halogenated alkanes) is 35. The molecule has 1 rings (SSSR count). The Balaban J connectivity index is -0.000000258. The second-order valence-corrected chi connectivity index (χ2v) is 20.5. The molecule has 0 radical (unpaired) electrons. The summed E-state index contributed by atoms with van der Waals surface area (Å²) in [6.45, 7) is 11.8. The van der Waals surface area contributed by atoms with Crippen LogP contribution in [0.1, 0.15) is 270 Å². The van der Waals surface area contributed by atoms with Crippen LogP contribution in [-0.4, -0.2) is 63.8 Å². The normalized spacial score (nSPS) is 11.0. The average Bonchev–Trinajstić information content (AvgIpc) is 3.21. The summed E-state index contributed by atoms with van der Waals surface area (Å²) in [6, 6.07) is 10.9. The lowest BCUT2D eigenvalue weighted by Crippen LogP contribution is -3.00. The van der Waals surface area contributed by atoms with Crippen molar-refractivity contribution in [2.45, 2.75) is 271 Å². The van der Waals surface area contributed by atoms with Crippen LogP contribution >= 0.6 is 0 Å². The van der Waals surface area contributed by atoms with Gasteiger partial charge in [-0.3, -0.25) is 0 Å². The van der Waals surface area contributed by atoms with Crippen LogP contribution < -0.4 is 43.0 Å². The minimum Gasteiger partial charge on any atom is -1.00 e. The van der Waals surface area contributed by atoms with Gasteiger partial charge in [-0.2, -0.15) is 0 Å². The summed E-state index contributed by atoms with van der Waals surface area (Å²) in [7, 11) is 11.6. The Morgan fingerprint density at radius 3 is 0.823 bits per heavy atom. The summed E-state index contributed by atoms with van der Waals surface area (Å²) in [5.74, 6) is 0. The van der Waals surface area contributed by atoms with Crippen molar-refractivity contribution in [3.8, 4) is 0 Å². The Kier molecular flexibility index (Phi) is 65.4. The molecule has 3 N–H and O–H groups in total. The highest BCUT2D eigenvalue weighted by Gasteiger charge is 2.15. The highest BCUT2D eigenvalue weighted by molar-refractivity contribution is 5.13. The summed E-state index contributed by atoms with van der Waals surface area (Å²) in [5, 5.41) is 0. The van der Waals surface area contributed by atoms with Crippen molar-refractivity contribution in [2.75, 3.05) is 54.9 Å². The van der Waals surface area contributed by atoms with Crippen molar-refractivity contribution >= 4 is 0 Å². The van der Waals surface area contributed by atoms with Crippen molar-refractivity contribution in [2.24, 2.45) is 0 Å². The molecule has 0 heterocycles. The third-order valence-electron chi connectivity index (χ3n) is 12.4. The maximum Gasteiger partial charge on any atom is 0.104 e. The lowest BCUT2D eigenvalue weighted by atomic mass is 10.0. The number of halogens is 3. The zero-order valence-electron chi connectivity index (χ0n) is 43.8. The van der Waals surface area contributed by atoms with Crippen LogP contribution in [0.5, 0.6) is 0 Å². The molecular weight excluding hydrogens is 821 g/mol.